The van der Waals surface area contributed by atoms with E-state index in [4.69, 9.17) is 14.2 Å². The van der Waals surface area contributed by atoms with Crippen molar-refractivity contribution in [3.63, 3.8) is 0 Å². The fourth-order valence-corrected chi connectivity index (χ4v) is 4.28. The first-order valence-corrected chi connectivity index (χ1v) is 12.7. The second-order valence-electron chi connectivity index (χ2n) is 8.74. The fourth-order valence-electron chi connectivity index (χ4n) is 4.28. The zero-order valence-electron chi connectivity index (χ0n) is 22.0. The van der Waals surface area contributed by atoms with Crippen molar-refractivity contribution < 1.29 is 23.8 Å². The number of hydrogen-bond acceptors (Lipinski definition) is 6. The first-order chi connectivity index (χ1) is 19.6. The van der Waals surface area contributed by atoms with Gasteiger partial charge >= 0.3 is 5.97 Å². The fraction of sp³-hybridized carbons (Fsp3) is 0.0938. The molecule has 5 aromatic rings. The summed E-state index contributed by atoms with van der Waals surface area (Å²) in [6.45, 7) is 2.46. The molecule has 0 aliphatic rings. The highest BCUT2D eigenvalue weighted by atomic mass is 16.5. The maximum absolute atomic E-state index is 13.3. The summed E-state index contributed by atoms with van der Waals surface area (Å²) in [6.07, 6.45) is 1.44. The van der Waals surface area contributed by atoms with Crippen molar-refractivity contribution in [2.45, 2.75) is 6.92 Å². The third kappa shape index (κ3) is 5.71. The Morgan fingerprint density at radius 2 is 1.62 bits per heavy atom. The van der Waals surface area contributed by atoms with Crippen LogP contribution in [-0.4, -0.2) is 36.8 Å². The van der Waals surface area contributed by atoms with Crippen molar-refractivity contribution in [2.24, 2.45) is 5.10 Å². The molecule has 1 aromatic heterocycles. The first kappa shape index (κ1) is 26.2. The highest BCUT2D eigenvalue weighted by Gasteiger charge is 2.20. The van der Waals surface area contributed by atoms with Crippen molar-refractivity contribution >= 4 is 29.0 Å². The molecule has 5 rings (SSSR count). The monoisotopic (exact) mass is 533 g/mol. The Morgan fingerprint density at radius 1 is 0.900 bits per heavy atom. The van der Waals surface area contributed by atoms with Gasteiger partial charge in [-0.3, -0.25) is 4.79 Å². The van der Waals surface area contributed by atoms with Crippen LogP contribution in [-0.2, 0) is 0 Å². The number of hydrogen-bond donors (Lipinski definition) is 2. The van der Waals surface area contributed by atoms with Gasteiger partial charge in [0.05, 0.1) is 25.5 Å². The third-order valence-electron chi connectivity index (χ3n) is 6.19. The molecule has 0 spiro atoms. The van der Waals surface area contributed by atoms with Gasteiger partial charge in [-0.05, 0) is 67.1 Å². The number of esters is 1. The van der Waals surface area contributed by atoms with Crippen molar-refractivity contribution in [3.8, 4) is 28.4 Å². The van der Waals surface area contributed by atoms with Crippen LogP contribution in [0.4, 0.5) is 0 Å². The number of rotatable bonds is 9. The van der Waals surface area contributed by atoms with Gasteiger partial charge in [0.1, 0.15) is 22.9 Å². The minimum atomic E-state index is -0.524. The van der Waals surface area contributed by atoms with Crippen LogP contribution in [0, 0.1) is 0 Å². The summed E-state index contributed by atoms with van der Waals surface area (Å²) >= 11 is 0. The molecule has 8 nitrogen and oxygen atoms in total. The van der Waals surface area contributed by atoms with E-state index in [-0.39, 0.29) is 0 Å². The zero-order chi connectivity index (χ0) is 27.9. The molecule has 0 saturated carbocycles. The number of benzene rings is 4. The van der Waals surface area contributed by atoms with E-state index in [0.717, 1.165) is 27.8 Å². The number of H-pyrrole nitrogens is 1. The Labute approximate surface area is 231 Å². The number of hydrazone groups is 1. The van der Waals surface area contributed by atoms with E-state index in [1.54, 1.807) is 55.6 Å². The molecular formula is C32H27N3O5. The number of carbonyl (C=O) groups is 2. The van der Waals surface area contributed by atoms with Gasteiger partial charge in [0, 0.05) is 22.0 Å². The number of nitrogens with one attached hydrogen (secondary N) is 2. The SMILES string of the molecule is CCOc1ccc2[nH]c(C(=O)NN=Cc3ccccc3OC(=O)c3ccc(OC)cc3)c(-c3ccccc3)c2c1. The summed E-state index contributed by atoms with van der Waals surface area (Å²) in [5, 5.41) is 5.02. The van der Waals surface area contributed by atoms with Gasteiger partial charge in [0.15, 0.2) is 0 Å². The number of fused-ring (bicyclic) bond motifs is 1. The van der Waals surface area contributed by atoms with Crippen LogP contribution in [0.15, 0.2) is 102 Å². The topological polar surface area (TPSA) is 102 Å². The lowest BCUT2D eigenvalue weighted by atomic mass is 10.0. The minimum Gasteiger partial charge on any atom is -0.497 e. The maximum Gasteiger partial charge on any atom is 0.343 e. The van der Waals surface area contributed by atoms with Crippen LogP contribution in [0.1, 0.15) is 33.3 Å². The molecule has 0 fully saturated rings. The predicted octanol–water partition coefficient (Wildman–Crippen LogP) is 6.23. The lowest BCUT2D eigenvalue weighted by Gasteiger charge is -2.08. The van der Waals surface area contributed by atoms with E-state index in [0.29, 0.717) is 34.9 Å². The number of nitrogens with zero attached hydrogens (tertiary/aromatic N) is 1. The predicted molar refractivity (Wildman–Crippen MR) is 154 cm³/mol. The number of aromatic nitrogens is 1. The van der Waals surface area contributed by atoms with Crippen molar-refractivity contribution in [3.05, 3.63) is 114 Å². The van der Waals surface area contributed by atoms with Gasteiger partial charge in [-0.15, -0.1) is 0 Å². The molecule has 40 heavy (non-hydrogen) atoms. The van der Waals surface area contributed by atoms with E-state index in [2.05, 4.69) is 15.5 Å². The molecule has 0 aliphatic carbocycles. The maximum atomic E-state index is 13.3. The lowest BCUT2D eigenvalue weighted by Crippen LogP contribution is -2.19. The number of methoxy groups -OCH3 is 1. The Balaban J connectivity index is 1.38. The van der Waals surface area contributed by atoms with Gasteiger partial charge in [0.2, 0.25) is 0 Å². The first-order valence-electron chi connectivity index (χ1n) is 12.7. The number of para-hydroxylation sites is 1. The van der Waals surface area contributed by atoms with Crippen LogP contribution in [0.5, 0.6) is 17.2 Å². The molecule has 4 aromatic carbocycles. The van der Waals surface area contributed by atoms with Crippen molar-refractivity contribution in [1.82, 2.24) is 10.4 Å². The Morgan fingerprint density at radius 3 is 2.38 bits per heavy atom. The van der Waals surface area contributed by atoms with Gasteiger partial charge in [-0.1, -0.05) is 42.5 Å². The molecule has 0 saturated heterocycles. The van der Waals surface area contributed by atoms with Crippen LogP contribution < -0.4 is 19.6 Å². The molecule has 1 heterocycles. The zero-order valence-corrected chi connectivity index (χ0v) is 22.0. The Hall–Kier alpha value is -5.37. The number of amides is 1. The summed E-state index contributed by atoms with van der Waals surface area (Å²) in [7, 11) is 1.56. The van der Waals surface area contributed by atoms with E-state index in [1.165, 1.54) is 6.21 Å². The molecule has 1 amide bonds. The summed E-state index contributed by atoms with van der Waals surface area (Å²) < 4.78 is 16.4. The Bertz CT molecular complexity index is 1670. The van der Waals surface area contributed by atoms with E-state index < -0.39 is 11.9 Å². The molecule has 0 bridgehead atoms. The van der Waals surface area contributed by atoms with Gasteiger partial charge in [-0.25, -0.2) is 10.2 Å². The van der Waals surface area contributed by atoms with E-state index >= 15 is 0 Å². The molecule has 0 aliphatic heterocycles. The average molecular weight is 534 g/mol. The highest BCUT2D eigenvalue weighted by molar-refractivity contribution is 6.10. The quantitative estimate of drug-likeness (QED) is 0.101. The van der Waals surface area contributed by atoms with Crippen LogP contribution >= 0.6 is 0 Å². The van der Waals surface area contributed by atoms with Crippen LogP contribution in [0.3, 0.4) is 0 Å². The molecule has 2 N–H and O–H groups in total. The second-order valence-corrected chi connectivity index (χ2v) is 8.74. The molecule has 200 valence electrons. The number of aromatic amines is 1. The summed E-state index contributed by atoms with van der Waals surface area (Å²) in [5.41, 5.74) is 6.29. The van der Waals surface area contributed by atoms with Crippen LogP contribution in [0.2, 0.25) is 0 Å². The second kappa shape index (κ2) is 12.0. The summed E-state index contributed by atoms with van der Waals surface area (Å²) in [4.78, 5) is 29.2. The summed E-state index contributed by atoms with van der Waals surface area (Å²) in [5.74, 6) is 0.721. The molecule has 0 radical (unpaired) electrons. The summed E-state index contributed by atoms with van der Waals surface area (Å²) in [6, 6.07) is 28.9. The third-order valence-corrected chi connectivity index (χ3v) is 6.19. The molecule has 0 atom stereocenters. The molecular weight excluding hydrogens is 506 g/mol. The Kier molecular flexibility index (Phi) is 7.87. The smallest absolute Gasteiger partial charge is 0.343 e. The van der Waals surface area contributed by atoms with Gasteiger partial charge in [0.25, 0.3) is 5.91 Å². The van der Waals surface area contributed by atoms with Gasteiger partial charge in [-0.2, -0.15) is 5.10 Å². The van der Waals surface area contributed by atoms with Crippen LogP contribution in [0.25, 0.3) is 22.0 Å². The van der Waals surface area contributed by atoms with Gasteiger partial charge < -0.3 is 19.2 Å². The van der Waals surface area contributed by atoms with Crippen molar-refractivity contribution in [1.29, 1.82) is 0 Å². The highest BCUT2D eigenvalue weighted by Crippen LogP contribution is 2.34. The lowest BCUT2D eigenvalue weighted by molar-refractivity contribution is 0.0734. The standard InChI is InChI=1S/C32H27N3O5/c1-3-39-25-17-18-27-26(19-25)29(21-9-5-4-6-10-21)30(34-27)31(36)35-33-20-23-11-7-8-12-28(23)40-32(37)22-13-15-24(38-2)16-14-22/h4-20,34H,3H2,1-2H3,(H,35,36). The molecule has 8 heteroatoms. The number of carbonyl (C=O) groups excluding carboxylic acids is 2. The van der Waals surface area contributed by atoms with E-state index in [9.17, 15) is 9.59 Å². The normalized spacial score (nSPS) is 10.9. The number of ether oxygens (including phenoxy) is 3. The minimum absolute atomic E-state index is 0.306. The molecule has 0 unspecified atom stereocenters. The van der Waals surface area contributed by atoms with E-state index in [1.807, 2.05) is 55.5 Å². The average Bonchev–Trinajstić information content (AvgIpc) is 3.37. The van der Waals surface area contributed by atoms with Crippen molar-refractivity contribution in [2.75, 3.05) is 13.7 Å². The largest absolute Gasteiger partial charge is 0.497 e.